The Morgan fingerprint density at radius 2 is 2.25 bits per heavy atom. The summed E-state index contributed by atoms with van der Waals surface area (Å²) in [6.45, 7) is 5.40. The molecule has 0 aliphatic carbocycles. The first-order valence-corrected chi connectivity index (χ1v) is 7.01. The summed E-state index contributed by atoms with van der Waals surface area (Å²) in [6, 6.07) is 4.33. The SMILES string of the molecule is CC(CCN)CCCN(C)Cc1cccs1. The Hall–Kier alpha value is -0.380. The van der Waals surface area contributed by atoms with Crippen LogP contribution < -0.4 is 5.73 Å². The predicted molar refractivity (Wildman–Crippen MR) is 72.7 cm³/mol. The minimum atomic E-state index is 0.778. The van der Waals surface area contributed by atoms with Crippen molar-refractivity contribution in [2.75, 3.05) is 20.1 Å². The molecule has 1 unspecified atom stereocenters. The Morgan fingerprint density at radius 1 is 1.44 bits per heavy atom. The van der Waals surface area contributed by atoms with E-state index in [2.05, 4.69) is 36.4 Å². The summed E-state index contributed by atoms with van der Waals surface area (Å²) in [6.07, 6.45) is 3.74. The van der Waals surface area contributed by atoms with E-state index in [-0.39, 0.29) is 0 Å². The predicted octanol–water partition coefficient (Wildman–Crippen LogP) is 2.95. The van der Waals surface area contributed by atoms with E-state index in [0.717, 1.165) is 25.4 Å². The van der Waals surface area contributed by atoms with Crippen LogP contribution in [0.15, 0.2) is 17.5 Å². The van der Waals surface area contributed by atoms with Gasteiger partial charge < -0.3 is 10.6 Å². The third-order valence-electron chi connectivity index (χ3n) is 2.90. The van der Waals surface area contributed by atoms with Gasteiger partial charge >= 0.3 is 0 Å². The molecular weight excluding hydrogens is 216 g/mol. The lowest BCUT2D eigenvalue weighted by atomic mass is 10.0. The smallest absolute Gasteiger partial charge is 0.0324 e. The third-order valence-corrected chi connectivity index (χ3v) is 3.76. The lowest BCUT2D eigenvalue weighted by Crippen LogP contribution is -2.19. The van der Waals surface area contributed by atoms with Crippen molar-refractivity contribution in [3.63, 3.8) is 0 Å². The second kappa shape index (κ2) is 7.82. The van der Waals surface area contributed by atoms with E-state index < -0.39 is 0 Å². The average Bonchev–Trinajstić information content (AvgIpc) is 2.70. The summed E-state index contributed by atoms with van der Waals surface area (Å²) >= 11 is 1.84. The van der Waals surface area contributed by atoms with Crippen molar-refractivity contribution in [2.45, 2.75) is 32.7 Å². The zero-order chi connectivity index (χ0) is 11.8. The highest BCUT2D eigenvalue weighted by atomic mass is 32.1. The summed E-state index contributed by atoms with van der Waals surface area (Å²) in [7, 11) is 2.20. The molecule has 1 aromatic heterocycles. The topological polar surface area (TPSA) is 29.3 Å². The highest BCUT2D eigenvalue weighted by molar-refractivity contribution is 7.09. The lowest BCUT2D eigenvalue weighted by Gasteiger charge is -2.17. The van der Waals surface area contributed by atoms with Gasteiger partial charge in [0.15, 0.2) is 0 Å². The van der Waals surface area contributed by atoms with Crippen LogP contribution in [0.3, 0.4) is 0 Å². The van der Waals surface area contributed by atoms with E-state index in [1.54, 1.807) is 0 Å². The summed E-state index contributed by atoms with van der Waals surface area (Å²) in [5.74, 6) is 0.778. The molecule has 0 bridgehead atoms. The fourth-order valence-corrected chi connectivity index (χ4v) is 2.67. The van der Waals surface area contributed by atoms with Crippen LogP contribution in [0.25, 0.3) is 0 Å². The number of nitrogens with zero attached hydrogens (tertiary/aromatic N) is 1. The van der Waals surface area contributed by atoms with Gasteiger partial charge in [0.2, 0.25) is 0 Å². The third kappa shape index (κ3) is 5.64. The second-order valence-electron chi connectivity index (χ2n) is 4.64. The molecule has 16 heavy (non-hydrogen) atoms. The Morgan fingerprint density at radius 3 is 2.88 bits per heavy atom. The van der Waals surface area contributed by atoms with Crippen LogP contribution in [0, 0.1) is 5.92 Å². The van der Waals surface area contributed by atoms with Crippen LogP contribution in [0.1, 0.15) is 31.1 Å². The van der Waals surface area contributed by atoms with Crippen LogP contribution in [-0.2, 0) is 6.54 Å². The van der Waals surface area contributed by atoms with Gasteiger partial charge in [-0.05, 0) is 56.8 Å². The molecular formula is C13H24N2S. The van der Waals surface area contributed by atoms with Crippen molar-refractivity contribution >= 4 is 11.3 Å². The van der Waals surface area contributed by atoms with E-state index in [0.29, 0.717) is 0 Å². The number of nitrogens with two attached hydrogens (primary N) is 1. The molecule has 3 heteroatoms. The zero-order valence-corrected chi connectivity index (χ0v) is 11.3. The Labute approximate surface area is 103 Å². The Balaban J connectivity index is 2.08. The second-order valence-corrected chi connectivity index (χ2v) is 5.67. The summed E-state index contributed by atoms with van der Waals surface area (Å²) < 4.78 is 0. The van der Waals surface area contributed by atoms with Crippen molar-refractivity contribution in [1.29, 1.82) is 0 Å². The maximum atomic E-state index is 5.54. The monoisotopic (exact) mass is 240 g/mol. The normalized spacial score (nSPS) is 13.2. The standard InChI is InChI=1S/C13H24N2S/c1-12(7-8-14)5-3-9-15(2)11-13-6-4-10-16-13/h4,6,10,12H,3,5,7-9,11,14H2,1-2H3. The van der Waals surface area contributed by atoms with Gasteiger partial charge in [-0.15, -0.1) is 11.3 Å². The average molecular weight is 240 g/mol. The quantitative estimate of drug-likeness (QED) is 0.757. The molecule has 0 aliphatic heterocycles. The van der Waals surface area contributed by atoms with Crippen LogP contribution >= 0.6 is 11.3 Å². The summed E-state index contributed by atoms with van der Waals surface area (Å²) in [4.78, 5) is 3.86. The van der Waals surface area contributed by atoms with Crippen molar-refractivity contribution in [3.8, 4) is 0 Å². The van der Waals surface area contributed by atoms with Crippen LogP contribution in [0.5, 0.6) is 0 Å². The molecule has 1 atom stereocenters. The van der Waals surface area contributed by atoms with Crippen LogP contribution in [0.4, 0.5) is 0 Å². The maximum Gasteiger partial charge on any atom is 0.0324 e. The van der Waals surface area contributed by atoms with E-state index in [1.807, 2.05) is 11.3 Å². The van der Waals surface area contributed by atoms with E-state index in [4.69, 9.17) is 5.73 Å². The van der Waals surface area contributed by atoms with E-state index in [9.17, 15) is 0 Å². The maximum absolute atomic E-state index is 5.54. The van der Waals surface area contributed by atoms with E-state index in [1.165, 1.54) is 24.3 Å². The molecule has 0 saturated heterocycles. The first-order chi connectivity index (χ1) is 7.72. The molecule has 2 nitrogen and oxygen atoms in total. The van der Waals surface area contributed by atoms with Crippen LogP contribution in [0.2, 0.25) is 0 Å². The molecule has 0 aliphatic rings. The van der Waals surface area contributed by atoms with Gasteiger partial charge in [0.05, 0.1) is 0 Å². The molecule has 2 N–H and O–H groups in total. The minimum Gasteiger partial charge on any atom is -0.330 e. The molecule has 0 fully saturated rings. The van der Waals surface area contributed by atoms with Gasteiger partial charge in [-0.25, -0.2) is 0 Å². The fraction of sp³-hybridized carbons (Fsp3) is 0.692. The number of rotatable bonds is 8. The highest BCUT2D eigenvalue weighted by Crippen LogP contribution is 2.13. The molecule has 0 radical (unpaired) electrons. The fourth-order valence-electron chi connectivity index (χ4n) is 1.89. The van der Waals surface area contributed by atoms with Crippen molar-refractivity contribution in [2.24, 2.45) is 11.7 Å². The molecule has 1 aromatic rings. The van der Waals surface area contributed by atoms with Gasteiger partial charge in [0.25, 0.3) is 0 Å². The summed E-state index contributed by atoms with van der Waals surface area (Å²) in [5.41, 5.74) is 5.54. The largest absolute Gasteiger partial charge is 0.330 e. The van der Waals surface area contributed by atoms with Gasteiger partial charge in [-0.2, -0.15) is 0 Å². The van der Waals surface area contributed by atoms with E-state index >= 15 is 0 Å². The summed E-state index contributed by atoms with van der Waals surface area (Å²) in [5, 5.41) is 2.15. The van der Waals surface area contributed by atoms with Gasteiger partial charge in [-0.3, -0.25) is 0 Å². The molecule has 0 spiro atoms. The molecule has 1 heterocycles. The molecule has 0 saturated carbocycles. The van der Waals surface area contributed by atoms with Crippen molar-refractivity contribution in [3.05, 3.63) is 22.4 Å². The first-order valence-electron chi connectivity index (χ1n) is 6.13. The molecule has 92 valence electrons. The molecule has 0 aromatic carbocycles. The lowest BCUT2D eigenvalue weighted by molar-refractivity contribution is 0.308. The van der Waals surface area contributed by atoms with Gasteiger partial charge in [0, 0.05) is 11.4 Å². The zero-order valence-electron chi connectivity index (χ0n) is 10.5. The van der Waals surface area contributed by atoms with Gasteiger partial charge in [-0.1, -0.05) is 13.0 Å². The Kier molecular flexibility index (Phi) is 6.69. The van der Waals surface area contributed by atoms with Crippen molar-refractivity contribution < 1.29 is 0 Å². The highest BCUT2D eigenvalue weighted by Gasteiger charge is 2.04. The minimum absolute atomic E-state index is 0.778. The van der Waals surface area contributed by atoms with Crippen molar-refractivity contribution in [1.82, 2.24) is 4.90 Å². The molecule has 1 rings (SSSR count). The van der Waals surface area contributed by atoms with Crippen LogP contribution in [-0.4, -0.2) is 25.0 Å². The number of hydrogen-bond donors (Lipinski definition) is 1. The first kappa shape index (κ1) is 13.7. The molecule has 0 amide bonds. The van der Waals surface area contributed by atoms with Gasteiger partial charge in [0.1, 0.15) is 0 Å². The number of hydrogen-bond acceptors (Lipinski definition) is 3. The number of thiophene rings is 1. The Bertz CT molecular complexity index is 259.